The quantitative estimate of drug-likeness (QED) is 0.670. The second kappa shape index (κ2) is 4.97. The van der Waals surface area contributed by atoms with Crippen molar-refractivity contribution in [2.24, 2.45) is 0 Å². The summed E-state index contributed by atoms with van der Waals surface area (Å²) in [5.74, 6) is 1.01. The molecule has 0 fully saturated rings. The van der Waals surface area contributed by atoms with Gasteiger partial charge in [-0.1, -0.05) is 6.55 Å². The Labute approximate surface area is 112 Å². The van der Waals surface area contributed by atoms with Gasteiger partial charge in [0.25, 0.3) is 0 Å². The Kier molecular flexibility index (Phi) is 3.17. The van der Waals surface area contributed by atoms with E-state index in [1.165, 1.54) is 0 Å². The summed E-state index contributed by atoms with van der Waals surface area (Å²) in [5, 5.41) is 2.10. The van der Waals surface area contributed by atoms with Crippen LogP contribution in [-0.4, -0.2) is 8.07 Å². The molecule has 0 saturated carbocycles. The Hall–Kier alpha value is -1.94. The van der Waals surface area contributed by atoms with Gasteiger partial charge in [-0.15, -0.1) is 0 Å². The standard InChI is InChI=1S/C15H16O3Si/c1-19(14-6-3-10-17-14,15-7-4-11-18-15)12-8-13-5-2-9-16-13/h2-7,9-11H,8,12H2,1H3. The van der Waals surface area contributed by atoms with Crippen LogP contribution >= 0.6 is 0 Å². The van der Waals surface area contributed by atoms with Crippen LogP contribution < -0.4 is 10.8 Å². The van der Waals surface area contributed by atoms with Gasteiger partial charge in [0.2, 0.25) is 8.07 Å². The first-order valence-electron chi connectivity index (χ1n) is 6.39. The molecule has 0 atom stereocenters. The number of aryl methyl sites for hydroxylation is 1. The van der Waals surface area contributed by atoms with E-state index in [2.05, 4.69) is 18.7 Å². The van der Waals surface area contributed by atoms with Crippen LogP contribution in [0.4, 0.5) is 0 Å². The van der Waals surface area contributed by atoms with Crippen molar-refractivity contribution in [1.82, 2.24) is 0 Å². The fraction of sp³-hybridized carbons (Fsp3) is 0.200. The Morgan fingerprint density at radius 3 is 1.89 bits per heavy atom. The molecule has 4 heteroatoms. The van der Waals surface area contributed by atoms with Crippen molar-refractivity contribution < 1.29 is 13.3 Å². The van der Waals surface area contributed by atoms with Gasteiger partial charge < -0.3 is 13.3 Å². The maximum absolute atomic E-state index is 5.66. The van der Waals surface area contributed by atoms with E-state index in [4.69, 9.17) is 13.3 Å². The summed E-state index contributed by atoms with van der Waals surface area (Å²) in [4.78, 5) is 0. The first-order chi connectivity index (χ1) is 9.29. The summed E-state index contributed by atoms with van der Waals surface area (Å²) in [6.07, 6.45) is 6.08. The van der Waals surface area contributed by atoms with E-state index in [9.17, 15) is 0 Å². The second-order valence-corrected chi connectivity index (χ2v) is 9.02. The van der Waals surface area contributed by atoms with E-state index >= 15 is 0 Å². The minimum Gasteiger partial charge on any atom is -0.474 e. The van der Waals surface area contributed by atoms with Crippen LogP contribution in [0.25, 0.3) is 0 Å². The molecule has 0 unspecified atom stereocenters. The number of rotatable bonds is 5. The van der Waals surface area contributed by atoms with Gasteiger partial charge in [0.15, 0.2) is 0 Å². The lowest BCUT2D eigenvalue weighted by Gasteiger charge is -2.21. The highest BCUT2D eigenvalue weighted by molar-refractivity contribution is 6.99. The summed E-state index contributed by atoms with van der Waals surface area (Å²) in [7, 11) is -1.95. The molecule has 3 aromatic heterocycles. The lowest BCUT2D eigenvalue weighted by molar-refractivity contribution is 0.514. The molecule has 3 rings (SSSR count). The molecule has 98 valence electrons. The molecule has 3 heterocycles. The van der Waals surface area contributed by atoms with Crippen molar-refractivity contribution in [3.8, 4) is 0 Å². The van der Waals surface area contributed by atoms with Gasteiger partial charge in [-0.05, 0) is 42.4 Å². The predicted octanol–water partition coefficient (Wildman–Crippen LogP) is 2.90. The summed E-state index contributed by atoms with van der Waals surface area (Å²) >= 11 is 0. The molecule has 0 aromatic carbocycles. The van der Waals surface area contributed by atoms with E-state index in [0.29, 0.717) is 0 Å². The first kappa shape index (κ1) is 12.1. The minimum absolute atomic E-state index is 0.900. The van der Waals surface area contributed by atoms with E-state index in [1.54, 1.807) is 18.8 Å². The molecule has 3 aromatic rings. The van der Waals surface area contributed by atoms with Gasteiger partial charge in [-0.3, -0.25) is 0 Å². The van der Waals surface area contributed by atoms with Crippen LogP contribution in [-0.2, 0) is 6.42 Å². The zero-order valence-corrected chi connectivity index (χ0v) is 11.8. The van der Waals surface area contributed by atoms with E-state index in [0.717, 1.165) is 29.0 Å². The molecule has 0 aliphatic heterocycles. The minimum atomic E-state index is -1.95. The van der Waals surface area contributed by atoms with Crippen molar-refractivity contribution in [2.75, 3.05) is 0 Å². The fourth-order valence-corrected chi connectivity index (χ4v) is 5.45. The molecule has 0 radical (unpaired) electrons. The van der Waals surface area contributed by atoms with E-state index < -0.39 is 8.07 Å². The molecule has 0 bridgehead atoms. The van der Waals surface area contributed by atoms with Crippen molar-refractivity contribution >= 4 is 18.8 Å². The maximum atomic E-state index is 5.66. The van der Waals surface area contributed by atoms with Crippen LogP contribution in [0.1, 0.15) is 5.76 Å². The van der Waals surface area contributed by atoms with Gasteiger partial charge in [0.1, 0.15) is 5.76 Å². The number of hydrogen-bond acceptors (Lipinski definition) is 3. The van der Waals surface area contributed by atoms with Crippen LogP contribution in [0, 0.1) is 0 Å². The zero-order valence-electron chi connectivity index (χ0n) is 10.8. The molecule has 0 saturated heterocycles. The summed E-state index contributed by atoms with van der Waals surface area (Å²) < 4.78 is 16.8. The van der Waals surface area contributed by atoms with E-state index in [-0.39, 0.29) is 0 Å². The average molecular weight is 272 g/mol. The number of furan rings is 3. The van der Waals surface area contributed by atoms with E-state index in [1.807, 2.05) is 24.3 Å². The number of hydrogen-bond donors (Lipinski definition) is 0. The lowest BCUT2D eigenvalue weighted by Crippen LogP contribution is -2.54. The topological polar surface area (TPSA) is 39.4 Å². The molecular formula is C15H16O3Si. The van der Waals surface area contributed by atoms with Crippen molar-refractivity contribution in [2.45, 2.75) is 19.0 Å². The Morgan fingerprint density at radius 1 is 0.842 bits per heavy atom. The SMILES string of the molecule is C[Si](CCc1ccco1)(c1ccco1)c1ccco1. The molecule has 0 amide bonds. The second-order valence-electron chi connectivity index (χ2n) is 4.87. The molecule has 0 spiro atoms. The zero-order chi connectivity index (χ0) is 13.1. The summed E-state index contributed by atoms with van der Waals surface area (Å²) in [6.45, 7) is 2.27. The van der Waals surface area contributed by atoms with Crippen molar-refractivity contribution in [1.29, 1.82) is 0 Å². The van der Waals surface area contributed by atoms with Crippen LogP contribution in [0.5, 0.6) is 0 Å². The van der Waals surface area contributed by atoms with Gasteiger partial charge in [-0.25, -0.2) is 0 Å². The molecule has 0 N–H and O–H groups in total. The third-order valence-electron chi connectivity index (χ3n) is 3.58. The van der Waals surface area contributed by atoms with Crippen molar-refractivity contribution in [3.63, 3.8) is 0 Å². The van der Waals surface area contributed by atoms with Crippen LogP contribution in [0.15, 0.2) is 68.4 Å². The highest BCUT2D eigenvalue weighted by atomic mass is 28.3. The smallest absolute Gasteiger partial charge is 0.204 e. The fourth-order valence-electron chi connectivity index (χ4n) is 2.38. The lowest BCUT2D eigenvalue weighted by atomic mass is 10.4. The van der Waals surface area contributed by atoms with Gasteiger partial charge in [0, 0.05) is 6.42 Å². The van der Waals surface area contributed by atoms with Crippen LogP contribution in [0.2, 0.25) is 12.6 Å². The molecule has 0 aliphatic carbocycles. The monoisotopic (exact) mass is 272 g/mol. The van der Waals surface area contributed by atoms with Crippen LogP contribution in [0.3, 0.4) is 0 Å². The van der Waals surface area contributed by atoms with Gasteiger partial charge >= 0.3 is 0 Å². The summed E-state index contributed by atoms with van der Waals surface area (Å²) in [5.41, 5.74) is 0. The maximum Gasteiger partial charge on any atom is 0.204 e. The summed E-state index contributed by atoms with van der Waals surface area (Å²) in [6, 6.07) is 12.9. The molecular weight excluding hydrogens is 256 g/mol. The van der Waals surface area contributed by atoms with Gasteiger partial charge in [0.05, 0.1) is 29.6 Å². The highest BCUT2D eigenvalue weighted by Gasteiger charge is 2.37. The highest BCUT2D eigenvalue weighted by Crippen LogP contribution is 2.16. The first-order valence-corrected chi connectivity index (χ1v) is 9.10. The Morgan fingerprint density at radius 2 is 1.42 bits per heavy atom. The third kappa shape index (κ3) is 2.31. The normalized spacial score (nSPS) is 11.8. The third-order valence-corrected chi connectivity index (χ3v) is 7.58. The Bertz CT molecular complexity index is 560. The van der Waals surface area contributed by atoms with Gasteiger partial charge in [-0.2, -0.15) is 0 Å². The molecule has 0 aliphatic rings. The van der Waals surface area contributed by atoms with Crippen molar-refractivity contribution in [3.05, 3.63) is 60.9 Å². The average Bonchev–Trinajstić information content (AvgIpc) is 3.18. The predicted molar refractivity (Wildman–Crippen MR) is 75.5 cm³/mol. The molecule has 19 heavy (non-hydrogen) atoms. The molecule has 3 nitrogen and oxygen atoms in total. The largest absolute Gasteiger partial charge is 0.474 e. The Balaban J connectivity index is 1.89.